The monoisotopic (exact) mass is 337 g/mol. The molecule has 1 aromatic rings. The molecule has 3 rings (SSSR count). The van der Waals surface area contributed by atoms with Gasteiger partial charge in [0.1, 0.15) is 5.82 Å². The molecule has 2 saturated heterocycles. The van der Waals surface area contributed by atoms with Crippen molar-refractivity contribution in [3.63, 3.8) is 0 Å². The summed E-state index contributed by atoms with van der Waals surface area (Å²) in [5.74, 6) is 4.85. The van der Waals surface area contributed by atoms with Gasteiger partial charge in [-0.2, -0.15) is 26.7 Å². The molecular weight excluding hydrogens is 310 g/mol. The van der Waals surface area contributed by atoms with Crippen LogP contribution in [0.4, 0.5) is 11.9 Å². The molecule has 0 saturated carbocycles. The summed E-state index contributed by atoms with van der Waals surface area (Å²) < 4.78 is 6.10. The fraction of sp³-hybridized carbons (Fsp3) is 0.812. The van der Waals surface area contributed by atoms with E-state index < -0.39 is 0 Å². The molecule has 2 atom stereocenters. The van der Waals surface area contributed by atoms with Crippen molar-refractivity contribution in [2.75, 3.05) is 42.4 Å². The summed E-state index contributed by atoms with van der Waals surface area (Å²) in [6.07, 6.45) is 3.21. The fourth-order valence-electron chi connectivity index (χ4n) is 3.10. The number of anilines is 2. The lowest BCUT2D eigenvalue weighted by molar-refractivity contribution is -0.0629. The third-order valence-electron chi connectivity index (χ3n) is 4.45. The van der Waals surface area contributed by atoms with Crippen molar-refractivity contribution < 1.29 is 4.74 Å². The van der Waals surface area contributed by atoms with Gasteiger partial charge in [-0.05, 0) is 25.0 Å². The Morgan fingerprint density at radius 3 is 2.78 bits per heavy atom. The first-order valence-electron chi connectivity index (χ1n) is 8.39. The Balaban J connectivity index is 1.76. The molecule has 0 amide bonds. The third-order valence-corrected chi connectivity index (χ3v) is 5.67. The average molecular weight is 337 g/mol. The van der Waals surface area contributed by atoms with Crippen LogP contribution in [0.15, 0.2) is 0 Å². The Bertz CT molecular complexity index is 519. The second-order valence-electron chi connectivity index (χ2n) is 7.03. The summed E-state index contributed by atoms with van der Waals surface area (Å²) in [5, 5.41) is 3.54. The Labute approximate surface area is 142 Å². The zero-order chi connectivity index (χ0) is 16.4. The molecule has 6 nitrogen and oxygen atoms in total. The van der Waals surface area contributed by atoms with Gasteiger partial charge in [-0.1, -0.05) is 13.8 Å². The van der Waals surface area contributed by atoms with Crippen LogP contribution in [0.1, 0.15) is 44.9 Å². The van der Waals surface area contributed by atoms with Crippen LogP contribution in [0.5, 0.6) is 0 Å². The maximum Gasteiger partial charge on any atom is 0.229 e. The van der Waals surface area contributed by atoms with E-state index in [9.17, 15) is 0 Å². The van der Waals surface area contributed by atoms with Crippen molar-refractivity contribution in [2.45, 2.75) is 50.7 Å². The molecule has 0 aromatic carbocycles. The van der Waals surface area contributed by atoms with Gasteiger partial charge in [-0.3, -0.25) is 0 Å². The molecule has 3 heterocycles. The van der Waals surface area contributed by atoms with Crippen molar-refractivity contribution in [2.24, 2.45) is 0 Å². The Morgan fingerprint density at radius 2 is 2.13 bits per heavy atom. The van der Waals surface area contributed by atoms with E-state index in [0.29, 0.717) is 17.9 Å². The van der Waals surface area contributed by atoms with Crippen molar-refractivity contribution in [3.05, 3.63) is 5.82 Å². The molecule has 128 valence electrons. The zero-order valence-corrected chi connectivity index (χ0v) is 15.3. The van der Waals surface area contributed by atoms with Crippen LogP contribution in [0.3, 0.4) is 0 Å². The first kappa shape index (κ1) is 16.8. The highest BCUT2D eigenvalue weighted by Gasteiger charge is 2.40. The molecule has 0 aliphatic carbocycles. The Kier molecular flexibility index (Phi) is 4.96. The number of hydrogen-bond donors (Lipinski definition) is 1. The number of nitrogens with one attached hydrogen (secondary N) is 1. The van der Waals surface area contributed by atoms with Crippen LogP contribution >= 0.6 is 11.8 Å². The van der Waals surface area contributed by atoms with Crippen LogP contribution in [-0.4, -0.2) is 58.8 Å². The number of hydrogen-bond acceptors (Lipinski definition) is 7. The van der Waals surface area contributed by atoms with Crippen LogP contribution in [0, 0.1) is 0 Å². The predicted molar refractivity (Wildman–Crippen MR) is 95.5 cm³/mol. The summed E-state index contributed by atoms with van der Waals surface area (Å²) in [6, 6.07) is 0.375. The minimum atomic E-state index is 0.0683. The van der Waals surface area contributed by atoms with Gasteiger partial charge in [0, 0.05) is 38.4 Å². The van der Waals surface area contributed by atoms with Gasteiger partial charge in [-0.15, -0.1) is 0 Å². The van der Waals surface area contributed by atoms with E-state index in [-0.39, 0.29) is 11.5 Å². The van der Waals surface area contributed by atoms with Crippen LogP contribution < -0.4 is 10.2 Å². The third kappa shape index (κ3) is 3.88. The number of aromatic nitrogens is 3. The number of thioether (sulfide) groups is 1. The van der Waals surface area contributed by atoms with Gasteiger partial charge in [-0.25, -0.2) is 0 Å². The van der Waals surface area contributed by atoms with Crippen LogP contribution in [-0.2, 0) is 4.74 Å². The smallest absolute Gasteiger partial charge is 0.229 e. The predicted octanol–water partition coefficient (Wildman–Crippen LogP) is 2.53. The van der Waals surface area contributed by atoms with Crippen LogP contribution in [0.25, 0.3) is 0 Å². The maximum absolute atomic E-state index is 6.10. The summed E-state index contributed by atoms with van der Waals surface area (Å²) in [5.41, 5.74) is 0.0683. The highest BCUT2D eigenvalue weighted by Crippen LogP contribution is 2.38. The molecular formula is C16H27N5OS. The minimum Gasteiger partial charge on any atom is -0.374 e. The number of nitrogens with zero attached hydrogens (tertiary/aromatic N) is 4. The molecule has 1 aromatic heterocycles. The standard InChI is InChI=1S/C16H27N5OS/c1-11(2)13-18-14(20-15(19-13)21(3)4)17-12-5-7-22-16(9-12)6-8-23-10-16/h11-12H,5-10H2,1-4H3,(H,17,18,19,20). The van der Waals surface area contributed by atoms with Gasteiger partial charge in [0.05, 0.1) is 5.60 Å². The largest absolute Gasteiger partial charge is 0.374 e. The lowest BCUT2D eigenvalue weighted by atomic mass is 9.90. The minimum absolute atomic E-state index is 0.0683. The summed E-state index contributed by atoms with van der Waals surface area (Å²) in [6.45, 7) is 5.04. The normalized spacial score (nSPS) is 27.6. The molecule has 0 bridgehead atoms. The first-order valence-corrected chi connectivity index (χ1v) is 9.54. The van der Waals surface area contributed by atoms with Crippen molar-refractivity contribution in [1.82, 2.24) is 15.0 Å². The first-order chi connectivity index (χ1) is 11.0. The number of rotatable bonds is 4. The lowest BCUT2D eigenvalue weighted by Crippen LogP contribution is -2.44. The second kappa shape index (κ2) is 6.81. The highest BCUT2D eigenvalue weighted by atomic mass is 32.2. The zero-order valence-electron chi connectivity index (χ0n) is 14.5. The fourth-order valence-corrected chi connectivity index (χ4v) is 4.48. The number of ether oxygens (including phenoxy) is 1. The topological polar surface area (TPSA) is 63.2 Å². The summed E-state index contributed by atoms with van der Waals surface area (Å²) in [4.78, 5) is 15.6. The van der Waals surface area contributed by atoms with E-state index in [1.165, 1.54) is 5.75 Å². The van der Waals surface area contributed by atoms with E-state index in [4.69, 9.17) is 4.74 Å². The van der Waals surface area contributed by atoms with E-state index in [1.807, 2.05) is 30.8 Å². The quantitative estimate of drug-likeness (QED) is 0.905. The van der Waals surface area contributed by atoms with Crippen LogP contribution in [0.2, 0.25) is 0 Å². The molecule has 0 radical (unpaired) electrons. The molecule has 7 heteroatoms. The highest BCUT2D eigenvalue weighted by molar-refractivity contribution is 7.99. The van der Waals surface area contributed by atoms with Gasteiger partial charge in [0.2, 0.25) is 11.9 Å². The van der Waals surface area contributed by atoms with Gasteiger partial charge < -0.3 is 15.0 Å². The molecule has 23 heavy (non-hydrogen) atoms. The van der Waals surface area contributed by atoms with Crippen molar-refractivity contribution in [1.29, 1.82) is 0 Å². The molecule has 1 spiro atoms. The summed E-state index contributed by atoms with van der Waals surface area (Å²) in [7, 11) is 3.92. The second-order valence-corrected chi connectivity index (χ2v) is 8.14. The van der Waals surface area contributed by atoms with E-state index in [2.05, 4.69) is 34.1 Å². The van der Waals surface area contributed by atoms with E-state index in [0.717, 1.165) is 37.4 Å². The molecule has 2 aliphatic rings. The SMILES string of the molecule is CC(C)c1nc(NC2CCOC3(CCSC3)C2)nc(N(C)C)n1. The maximum atomic E-state index is 6.10. The lowest BCUT2D eigenvalue weighted by Gasteiger charge is -2.38. The average Bonchev–Trinajstić information content (AvgIpc) is 2.94. The van der Waals surface area contributed by atoms with E-state index in [1.54, 1.807) is 0 Å². The van der Waals surface area contributed by atoms with Gasteiger partial charge >= 0.3 is 0 Å². The Hall–Kier alpha value is -1.08. The van der Waals surface area contributed by atoms with Crippen molar-refractivity contribution in [3.8, 4) is 0 Å². The Morgan fingerprint density at radius 1 is 1.30 bits per heavy atom. The molecule has 1 N–H and O–H groups in total. The molecule has 2 unspecified atom stereocenters. The molecule has 2 aliphatic heterocycles. The van der Waals surface area contributed by atoms with E-state index >= 15 is 0 Å². The van der Waals surface area contributed by atoms with Crippen molar-refractivity contribution >= 4 is 23.7 Å². The van der Waals surface area contributed by atoms with Gasteiger partial charge in [0.25, 0.3) is 0 Å². The van der Waals surface area contributed by atoms with Gasteiger partial charge in [0.15, 0.2) is 0 Å². The molecule has 2 fully saturated rings. The summed E-state index contributed by atoms with van der Waals surface area (Å²) >= 11 is 2.00.